The van der Waals surface area contributed by atoms with Crippen LogP contribution in [0.2, 0.25) is 0 Å². The third kappa shape index (κ3) is 3.43. The van der Waals surface area contributed by atoms with E-state index in [1.807, 2.05) is 6.92 Å². The van der Waals surface area contributed by atoms with Crippen LogP contribution < -0.4 is 10.9 Å². The second-order valence-corrected chi connectivity index (χ2v) is 4.48. The third-order valence-corrected chi connectivity index (χ3v) is 3.18. The molecule has 104 valence electrons. The third-order valence-electron chi connectivity index (χ3n) is 3.18. The molecular formula is C13H18N2O4. The number of hydrogen-bond donors (Lipinski definition) is 2. The van der Waals surface area contributed by atoms with Crippen LogP contribution in [-0.2, 0) is 11.8 Å². The standard InChI is InChI=1S/C13H18N2O4/c1-4-8(2)11(13(18)19)14-12(17)9-6-5-7-10(16)15(9)3/h5-8,11H,4H2,1-3H3,(H,14,17)(H,18,19)/t8-,11-/m0/s1. The molecule has 0 aliphatic rings. The number of hydrogen-bond acceptors (Lipinski definition) is 3. The number of aromatic nitrogens is 1. The van der Waals surface area contributed by atoms with Gasteiger partial charge in [-0.2, -0.15) is 0 Å². The molecule has 0 saturated heterocycles. The lowest BCUT2D eigenvalue weighted by Crippen LogP contribution is -2.46. The highest BCUT2D eigenvalue weighted by Gasteiger charge is 2.26. The van der Waals surface area contributed by atoms with Crippen LogP contribution in [0.15, 0.2) is 23.0 Å². The highest BCUT2D eigenvalue weighted by atomic mass is 16.4. The Balaban J connectivity index is 2.98. The van der Waals surface area contributed by atoms with Gasteiger partial charge in [0.2, 0.25) is 0 Å². The van der Waals surface area contributed by atoms with Gasteiger partial charge in [0.15, 0.2) is 0 Å². The Labute approximate surface area is 111 Å². The first-order chi connectivity index (χ1) is 8.88. The quantitative estimate of drug-likeness (QED) is 0.817. The molecule has 1 rings (SSSR count). The van der Waals surface area contributed by atoms with Crippen molar-refractivity contribution in [2.24, 2.45) is 13.0 Å². The van der Waals surface area contributed by atoms with Crippen LogP contribution in [-0.4, -0.2) is 27.6 Å². The predicted molar refractivity (Wildman–Crippen MR) is 70.0 cm³/mol. The summed E-state index contributed by atoms with van der Waals surface area (Å²) < 4.78 is 1.19. The second-order valence-electron chi connectivity index (χ2n) is 4.48. The Kier molecular flexibility index (Phi) is 4.86. The molecule has 2 N–H and O–H groups in total. The topological polar surface area (TPSA) is 88.4 Å². The van der Waals surface area contributed by atoms with Gasteiger partial charge >= 0.3 is 5.97 Å². The lowest BCUT2D eigenvalue weighted by atomic mass is 9.99. The lowest BCUT2D eigenvalue weighted by Gasteiger charge is -2.20. The van der Waals surface area contributed by atoms with E-state index < -0.39 is 17.9 Å². The summed E-state index contributed by atoms with van der Waals surface area (Å²) in [5, 5.41) is 11.6. The summed E-state index contributed by atoms with van der Waals surface area (Å²) in [7, 11) is 1.47. The fourth-order valence-corrected chi connectivity index (χ4v) is 1.69. The average molecular weight is 266 g/mol. The number of nitrogens with zero attached hydrogens (tertiary/aromatic N) is 1. The minimum atomic E-state index is -1.08. The molecule has 0 aliphatic carbocycles. The molecule has 2 atom stereocenters. The Morgan fingerprint density at radius 1 is 1.42 bits per heavy atom. The van der Waals surface area contributed by atoms with E-state index in [9.17, 15) is 14.4 Å². The molecule has 0 unspecified atom stereocenters. The van der Waals surface area contributed by atoms with Gasteiger partial charge in [0, 0.05) is 13.1 Å². The number of aliphatic carboxylic acids is 1. The van der Waals surface area contributed by atoms with Gasteiger partial charge in [0.1, 0.15) is 11.7 Å². The van der Waals surface area contributed by atoms with E-state index in [4.69, 9.17) is 5.11 Å². The molecule has 6 heteroatoms. The van der Waals surface area contributed by atoms with Crippen LogP contribution in [0, 0.1) is 5.92 Å². The molecule has 0 aliphatic heterocycles. The second kappa shape index (κ2) is 6.17. The van der Waals surface area contributed by atoms with Gasteiger partial charge in [-0.15, -0.1) is 0 Å². The van der Waals surface area contributed by atoms with Crippen molar-refractivity contribution in [2.75, 3.05) is 0 Å². The fraction of sp³-hybridized carbons (Fsp3) is 0.462. The number of rotatable bonds is 5. The zero-order valence-electron chi connectivity index (χ0n) is 11.2. The van der Waals surface area contributed by atoms with Crippen LogP contribution >= 0.6 is 0 Å². The number of nitrogens with one attached hydrogen (secondary N) is 1. The van der Waals surface area contributed by atoms with E-state index in [1.165, 1.54) is 29.8 Å². The monoisotopic (exact) mass is 266 g/mol. The van der Waals surface area contributed by atoms with Crippen molar-refractivity contribution < 1.29 is 14.7 Å². The predicted octanol–water partition coefficient (Wildman–Crippen LogP) is 0.614. The first kappa shape index (κ1) is 14.9. The summed E-state index contributed by atoms with van der Waals surface area (Å²) in [6.07, 6.45) is 0.630. The van der Waals surface area contributed by atoms with Gasteiger partial charge in [0.05, 0.1) is 0 Å². The largest absolute Gasteiger partial charge is 0.480 e. The summed E-state index contributed by atoms with van der Waals surface area (Å²) in [4.78, 5) is 34.6. The lowest BCUT2D eigenvalue weighted by molar-refractivity contribution is -0.140. The minimum absolute atomic E-state index is 0.141. The maximum atomic E-state index is 12.0. The van der Waals surface area contributed by atoms with Crippen molar-refractivity contribution in [3.8, 4) is 0 Å². The molecule has 19 heavy (non-hydrogen) atoms. The molecule has 0 saturated carbocycles. The molecule has 1 amide bonds. The minimum Gasteiger partial charge on any atom is -0.480 e. The molecule has 0 bridgehead atoms. The molecule has 1 aromatic rings. The Bertz CT molecular complexity index is 536. The molecule has 0 aromatic carbocycles. The van der Waals surface area contributed by atoms with Crippen molar-refractivity contribution in [3.05, 3.63) is 34.2 Å². The highest BCUT2D eigenvalue weighted by Crippen LogP contribution is 2.09. The zero-order valence-corrected chi connectivity index (χ0v) is 11.2. The molecular weight excluding hydrogens is 248 g/mol. The number of carbonyl (C=O) groups excluding carboxylic acids is 1. The van der Waals surface area contributed by atoms with E-state index in [1.54, 1.807) is 6.92 Å². The van der Waals surface area contributed by atoms with Crippen LogP contribution in [0.5, 0.6) is 0 Å². The highest BCUT2D eigenvalue weighted by molar-refractivity contribution is 5.95. The Hall–Kier alpha value is -2.11. The molecule has 0 fully saturated rings. The summed E-state index contributed by atoms with van der Waals surface area (Å²) in [5.41, 5.74) is -0.176. The smallest absolute Gasteiger partial charge is 0.326 e. The SMILES string of the molecule is CC[C@H](C)[C@H](NC(=O)c1cccc(=O)n1C)C(=O)O. The summed E-state index contributed by atoms with van der Waals surface area (Å²) >= 11 is 0. The van der Waals surface area contributed by atoms with Crippen molar-refractivity contribution in [2.45, 2.75) is 26.3 Å². The molecule has 6 nitrogen and oxygen atoms in total. The maximum Gasteiger partial charge on any atom is 0.326 e. The molecule has 1 aromatic heterocycles. The number of carboxylic acids is 1. The van der Waals surface area contributed by atoms with Crippen molar-refractivity contribution in [3.63, 3.8) is 0 Å². The van der Waals surface area contributed by atoms with Crippen LogP contribution in [0.1, 0.15) is 30.8 Å². The van der Waals surface area contributed by atoms with Crippen molar-refractivity contribution >= 4 is 11.9 Å². The van der Waals surface area contributed by atoms with E-state index in [0.29, 0.717) is 6.42 Å². The first-order valence-electron chi connectivity index (χ1n) is 6.08. The van der Waals surface area contributed by atoms with Crippen LogP contribution in [0.25, 0.3) is 0 Å². The van der Waals surface area contributed by atoms with Gasteiger partial charge in [-0.25, -0.2) is 4.79 Å². The van der Waals surface area contributed by atoms with Gasteiger partial charge < -0.3 is 15.0 Å². The van der Waals surface area contributed by atoms with Crippen LogP contribution in [0.3, 0.4) is 0 Å². The van der Waals surface area contributed by atoms with Gasteiger partial charge in [-0.1, -0.05) is 26.3 Å². The van der Waals surface area contributed by atoms with Crippen molar-refractivity contribution in [1.82, 2.24) is 9.88 Å². The first-order valence-corrected chi connectivity index (χ1v) is 6.08. The average Bonchev–Trinajstić information content (AvgIpc) is 2.37. The Morgan fingerprint density at radius 3 is 2.58 bits per heavy atom. The van der Waals surface area contributed by atoms with E-state index in [-0.39, 0.29) is 17.2 Å². The Morgan fingerprint density at radius 2 is 2.05 bits per heavy atom. The van der Waals surface area contributed by atoms with Crippen molar-refractivity contribution in [1.29, 1.82) is 0 Å². The van der Waals surface area contributed by atoms with E-state index in [2.05, 4.69) is 5.32 Å². The van der Waals surface area contributed by atoms with E-state index >= 15 is 0 Å². The van der Waals surface area contributed by atoms with Gasteiger partial charge in [-0.3, -0.25) is 9.59 Å². The number of carbonyl (C=O) groups is 2. The number of pyridine rings is 1. The van der Waals surface area contributed by atoms with Gasteiger partial charge in [-0.05, 0) is 12.0 Å². The maximum absolute atomic E-state index is 12.0. The van der Waals surface area contributed by atoms with E-state index in [0.717, 1.165) is 0 Å². The normalized spacial score (nSPS) is 13.6. The van der Waals surface area contributed by atoms with Gasteiger partial charge in [0.25, 0.3) is 11.5 Å². The van der Waals surface area contributed by atoms with Crippen LogP contribution in [0.4, 0.5) is 0 Å². The fourth-order valence-electron chi connectivity index (χ4n) is 1.69. The molecule has 0 spiro atoms. The molecule has 1 heterocycles. The number of amides is 1. The summed E-state index contributed by atoms with van der Waals surface area (Å²) in [5.74, 6) is -1.83. The molecule has 0 radical (unpaired) electrons. The summed E-state index contributed by atoms with van der Waals surface area (Å²) in [6.45, 7) is 3.61. The summed E-state index contributed by atoms with van der Waals surface area (Å²) in [6, 6.07) is 3.32. The zero-order chi connectivity index (χ0) is 14.6. The number of carboxylic acid groups (broad SMARTS) is 1.